The lowest BCUT2D eigenvalue weighted by Crippen LogP contribution is -2.61. The van der Waals surface area contributed by atoms with E-state index in [2.05, 4.69) is 24.7 Å². The number of hydrogen-bond donors (Lipinski definition) is 2. The van der Waals surface area contributed by atoms with E-state index < -0.39 is 96.2 Å². The van der Waals surface area contributed by atoms with Crippen molar-refractivity contribution < 1.29 is 76.9 Å². The molecule has 4 saturated heterocycles. The van der Waals surface area contributed by atoms with E-state index in [-0.39, 0.29) is 61.3 Å². The van der Waals surface area contributed by atoms with Gasteiger partial charge in [-0.1, -0.05) is 71.1 Å². The largest absolute Gasteiger partial charge is 0.460 e. The zero-order valence-electron chi connectivity index (χ0n) is 63.7. The zero-order chi connectivity index (χ0) is 74.8. The summed E-state index contributed by atoms with van der Waals surface area (Å²) in [5, 5.41) is 24.0. The second-order valence-corrected chi connectivity index (χ2v) is 30.3. The molecule has 5 fully saturated rings. The molecular formula is C78H118N10O16. The van der Waals surface area contributed by atoms with Crippen molar-refractivity contribution in [2.24, 2.45) is 35.5 Å². The van der Waals surface area contributed by atoms with Crippen LogP contribution in [-0.2, 0) is 74.8 Å². The maximum Gasteiger partial charge on any atom is 0.410 e. The van der Waals surface area contributed by atoms with Crippen LogP contribution in [0.3, 0.4) is 0 Å². The van der Waals surface area contributed by atoms with Gasteiger partial charge in [0.25, 0.3) is 11.7 Å². The number of fused-ring (bicyclic) bond motifs is 4. The van der Waals surface area contributed by atoms with Gasteiger partial charge in [0.15, 0.2) is 5.78 Å². The van der Waals surface area contributed by atoms with Crippen molar-refractivity contribution in [3.63, 3.8) is 0 Å². The Morgan fingerprint density at radius 3 is 2.13 bits per heavy atom. The SMILES string of the molecule is CO[C@H]1C[C@@H]2CC[C@@H](C)[C@@](O)(O2)C(=O)C(=O)N2CCCC[C@H]2C(=O)O[C@H]([C@H](C)C[C@@H]2CC[C@@H](OC(=O)N3CCc4nc(N5CCN(C(=O)CCOCCN6CCN(c7ncc(C)cn7)CC6)CC5)ncc4C3)[C@H](OC)C2)C[C@@H](OC)C(C)/C=C(\C)[C@@H](O)[C@@H](OC)C(=O)[C@H](C)C[C@H](C)/C=C/C=C/C=C/1C. The number of ketones is 2. The van der Waals surface area contributed by atoms with E-state index in [1.807, 2.05) is 95.3 Å². The fourth-order valence-electron chi connectivity index (χ4n) is 16.0. The lowest BCUT2D eigenvalue weighted by atomic mass is 9.78. The molecule has 9 rings (SSSR count). The highest BCUT2D eigenvalue weighted by Gasteiger charge is 2.53. The van der Waals surface area contributed by atoms with Crippen LogP contribution in [0.2, 0.25) is 0 Å². The van der Waals surface area contributed by atoms with Crippen LogP contribution in [0.1, 0.15) is 149 Å². The van der Waals surface area contributed by atoms with Gasteiger partial charge in [-0.05, 0) is 119 Å². The molecule has 8 heterocycles. The highest BCUT2D eigenvalue weighted by Crippen LogP contribution is 2.39. The minimum Gasteiger partial charge on any atom is -0.460 e. The number of Topliss-reactive ketones (excluding diaryl/α,β-unsaturated/α-hetero) is 2. The van der Waals surface area contributed by atoms with Crippen molar-refractivity contribution in [2.75, 3.05) is 123 Å². The fraction of sp³-hybridized carbons (Fsp3) is 0.718. The number of carbonyl (C=O) groups excluding carboxylic acids is 6. The molecule has 1 saturated carbocycles. The molecule has 7 aliphatic rings. The first-order chi connectivity index (χ1) is 49.9. The third kappa shape index (κ3) is 21.4. The van der Waals surface area contributed by atoms with Gasteiger partial charge in [-0.25, -0.2) is 29.5 Å². The molecule has 2 aromatic rings. The number of ether oxygens (including phenoxy) is 8. The molecule has 2 bridgehead atoms. The van der Waals surface area contributed by atoms with Crippen LogP contribution in [0.5, 0.6) is 0 Å². The van der Waals surface area contributed by atoms with Crippen molar-refractivity contribution in [2.45, 2.75) is 212 Å². The first-order valence-electron chi connectivity index (χ1n) is 38.1. The lowest BCUT2D eigenvalue weighted by molar-refractivity contribution is -0.265. The predicted octanol–water partition coefficient (Wildman–Crippen LogP) is 7.60. The first kappa shape index (κ1) is 81.5. The number of aliphatic hydroxyl groups excluding tert-OH is 1. The number of allylic oxidation sites excluding steroid dienone is 5. The summed E-state index contributed by atoms with van der Waals surface area (Å²) in [5.74, 6) is -5.83. The minimum atomic E-state index is -2.45. The number of rotatable bonds is 16. The third-order valence-corrected chi connectivity index (χ3v) is 22.7. The smallest absolute Gasteiger partial charge is 0.410 e. The number of anilines is 2. The zero-order valence-corrected chi connectivity index (χ0v) is 63.7. The summed E-state index contributed by atoms with van der Waals surface area (Å²) in [6.07, 6.45) is 17.2. The van der Waals surface area contributed by atoms with Crippen LogP contribution in [-0.4, -0.2) is 259 Å². The number of carbonyl (C=O) groups is 6. The minimum absolute atomic E-state index is 0.0140. The van der Waals surface area contributed by atoms with Crippen molar-refractivity contribution in [1.29, 1.82) is 0 Å². The van der Waals surface area contributed by atoms with Gasteiger partial charge in [0.1, 0.15) is 30.5 Å². The lowest BCUT2D eigenvalue weighted by Gasteiger charge is -2.43. The van der Waals surface area contributed by atoms with E-state index in [0.29, 0.717) is 135 Å². The van der Waals surface area contributed by atoms with Crippen molar-refractivity contribution in [3.8, 4) is 0 Å². The Balaban J connectivity index is 0.806. The summed E-state index contributed by atoms with van der Waals surface area (Å²) in [6, 6.07) is -1.14. The van der Waals surface area contributed by atoms with E-state index in [1.54, 1.807) is 46.3 Å². The Labute approximate surface area is 615 Å². The van der Waals surface area contributed by atoms with Crippen LogP contribution in [0.25, 0.3) is 0 Å². The van der Waals surface area contributed by atoms with Crippen LogP contribution in [0.4, 0.5) is 16.7 Å². The summed E-state index contributed by atoms with van der Waals surface area (Å²) in [4.78, 5) is 116. The molecular weight excluding hydrogens is 1330 g/mol. The average molecular weight is 1450 g/mol. The fourth-order valence-corrected chi connectivity index (χ4v) is 16.0. The maximum atomic E-state index is 15.0. The van der Waals surface area contributed by atoms with Crippen LogP contribution in [0, 0.1) is 42.4 Å². The molecule has 0 aromatic carbocycles. The molecule has 16 atom stereocenters. The Bertz CT molecular complexity index is 3300. The number of hydrogen-bond acceptors (Lipinski definition) is 23. The van der Waals surface area contributed by atoms with Gasteiger partial charge >= 0.3 is 12.1 Å². The van der Waals surface area contributed by atoms with Gasteiger partial charge in [-0.2, -0.15) is 0 Å². The first-order valence-corrected chi connectivity index (χ1v) is 38.1. The van der Waals surface area contributed by atoms with E-state index in [0.717, 1.165) is 61.1 Å². The second kappa shape index (κ2) is 38.8. The van der Waals surface area contributed by atoms with Gasteiger partial charge in [0.2, 0.25) is 23.6 Å². The van der Waals surface area contributed by atoms with E-state index in [1.165, 1.54) is 12.0 Å². The van der Waals surface area contributed by atoms with Crippen molar-refractivity contribution in [3.05, 3.63) is 83.0 Å². The van der Waals surface area contributed by atoms with Crippen molar-refractivity contribution >= 4 is 47.3 Å². The average Bonchev–Trinajstić information content (AvgIpc) is 0.773. The number of amides is 3. The topological polar surface area (TPSA) is 288 Å². The number of piperidine rings is 1. The highest BCUT2D eigenvalue weighted by atomic mass is 16.6. The summed E-state index contributed by atoms with van der Waals surface area (Å²) in [6.45, 7) is 23.6. The molecule has 26 heteroatoms. The summed E-state index contributed by atoms with van der Waals surface area (Å²) in [5.41, 5.74) is 4.15. The number of nitrogens with zero attached hydrogens (tertiary/aromatic N) is 10. The number of methoxy groups -OCH3 is 4. The normalized spacial score (nSPS) is 33.0. The molecule has 0 spiro atoms. The monoisotopic (exact) mass is 1450 g/mol. The third-order valence-electron chi connectivity index (χ3n) is 22.7. The maximum absolute atomic E-state index is 15.0. The molecule has 104 heavy (non-hydrogen) atoms. The number of aliphatic hydroxyl groups is 2. The van der Waals surface area contributed by atoms with Gasteiger partial charge in [-0.15, -0.1) is 0 Å². The summed E-state index contributed by atoms with van der Waals surface area (Å²) < 4.78 is 49.1. The Kier molecular flexibility index (Phi) is 30.4. The quantitative estimate of drug-likeness (QED) is 0.0708. The summed E-state index contributed by atoms with van der Waals surface area (Å²) in [7, 11) is 6.21. The number of cyclic esters (lactones) is 1. The van der Waals surface area contributed by atoms with Crippen LogP contribution >= 0.6 is 0 Å². The standard InChI is InChI=1S/C78H118N10O16/c1-50-18-14-13-15-19-52(3)64(97-9)44-60-23-21-57(8)78(96,104-60)72(92)73(93)88-27-17-16-20-62(88)74(94)102-66(45-65(98-10)53(4)41-56(7)70(91)71(100-12)69(90)55(6)40-50)54(5)42-58-22-24-63(67(43-58)99-11)103-77(95)87-28-25-61-59(49-87)48-81-76(82-61)86-35-33-84(34-36-86)68(89)26-38-101-39-37-83-29-31-85(32-30-83)75-79-46-51(2)47-80-75/h13-15,18-19,41,46-48,50,53-55,57-58,60,62-67,70-71,91,96H,16-17,20-40,42-45,49H2,1-12H3/b15-13+,18-14+,52-19+,56-41+/t50-,53?,54-,55-,57-,58+,60+,62+,63-,64+,65-,66+,67-,70-,71+,78-/m1/s1. The molecule has 2 N–H and O–H groups in total. The molecule has 1 unspecified atom stereocenters. The van der Waals surface area contributed by atoms with Gasteiger partial charge < -0.3 is 72.6 Å². The molecule has 26 nitrogen and oxygen atoms in total. The summed E-state index contributed by atoms with van der Waals surface area (Å²) >= 11 is 0. The van der Waals surface area contributed by atoms with E-state index >= 15 is 0 Å². The Morgan fingerprint density at radius 1 is 0.712 bits per heavy atom. The van der Waals surface area contributed by atoms with Gasteiger partial charge in [0.05, 0.1) is 56.3 Å². The van der Waals surface area contributed by atoms with Crippen LogP contribution < -0.4 is 9.80 Å². The van der Waals surface area contributed by atoms with Crippen molar-refractivity contribution in [1.82, 2.24) is 39.5 Å². The van der Waals surface area contributed by atoms with E-state index in [9.17, 15) is 39.0 Å². The predicted molar refractivity (Wildman–Crippen MR) is 391 cm³/mol. The molecule has 3 amide bonds. The highest BCUT2D eigenvalue weighted by molar-refractivity contribution is 6.39. The second-order valence-electron chi connectivity index (χ2n) is 30.3. The number of aryl methyl sites for hydroxylation is 1. The molecule has 1 aliphatic carbocycles. The van der Waals surface area contributed by atoms with Crippen LogP contribution in [0.15, 0.2) is 66.2 Å². The molecule has 576 valence electrons. The molecule has 0 radical (unpaired) electrons. The molecule has 2 aromatic heterocycles. The van der Waals surface area contributed by atoms with Gasteiger partial charge in [-0.3, -0.25) is 24.1 Å². The Hall–Kier alpha value is -6.62. The Morgan fingerprint density at radius 2 is 1.42 bits per heavy atom. The number of piperazine rings is 2. The van der Waals surface area contributed by atoms with Gasteiger partial charge in [0, 0.05) is 162 Å². The number of esters is 1. The van der Waals surface area contributed by atoms with E-state index in [4.69, 9.17) is 47.9 Å². The number of aromatic nitrogens is 4. The molecule has 6 aliphatic heterocycles.